The van der Waals surface area contributed by atoms with Crippen LogP contribution in [0.5, 0.6) is 0 Å². The number of carbonyl (C=O) groups is 1. The number of para-hydroxylation sites is 1. The lowest BCUT2D eigenvalue weighted by molar-refractivity contribution is 0.190. The molecule has 1 atom stereocenters. The van der Waals surface area contributed by atoms with Gasteiger partial charge in [0.25, 0.3) is 0 Å². The number of hydrogen-bond donors (Lipinski definition) is 1. The Balaban J connectivity index is 1.65. The molecule has 1 N–H and O–H groups in total. The van der Waals surface area contributed by atoms with E-state index in [1.807, 2.05) is 26.5 Å². The van der Waals surface area contributed by atoms with Crippen molar-refractivity contribution in [2.24, 2.45) is 0 Å². The molecule has 140 valence electrons. The van der Waals surface area contributed by atoms with Gasteiger partial charge in [0.15, 0.2) is 0 Å². The maximum atomic E-state index is 13.8. The third-order valence-corrected chi connectivity index (χ3v) is 4.73. The Morgan fingerprint density at radius 1 is 1.38 bits per heavy atom. The van der Waals surface area contributed by atoms with Gasteiger partial charge >= 0.3 is 6.03 Å². The van der Waals surface area contributed by atoms with Gasteiger partial charge in [0.1, 0.15) is 11.6 Å². The Hall–Kier alpha value is -2.41. The molecule has 1 fully saturated rings. The van der Waals surface area contributed by atoms with Gasteiger partial charge < -0.3 is 19.7 Å². The average Bonchev–Trinajstić information content (AvgIpc) is 3.10. The number of nitrogens with zero attached hydrogens (tertiary/aromatic N) is 4. The Morgan fingerprint density at radius 2 is 2.19 bits per heavy atom. The summed E-state index contributed by atoms with van der Waals surface area (Å²) in [7, 11) is 4.10. The molecule has 6 nitrogen and oxygen atoms in total. The van der Waals surface area contributed by atoms with Crippen molar-refractivity contribution >= 4 is 11.7 Å². The summed E-state index contributed by atoms with van der Waals surface area (Å²) < 4.78 is 15.9. The molecule has 1 aliphatic rings. The zero-order valence-electron chi connectivity index (χ0n) is 15.4. The number of likely N-dealkylation sites (N-methyl/N-ethyl adjacent to an activating group) is 1. The molecule has 1 aliphatic heterocycles. The van der Waals surface area contributed by atoms with E-state index in [9.17, 15) is 9.18 Å². The van der Waals surface area contributed by atoms with E-state index in [2.05, 4.69) is 19.8 Å². The number of rotatable bonds is 5. The number of imidazole rings is 1. The largest absolute Gasteiger partial charge is 0.333 e. The highest BCUT2D eigenvalue weighted by molar-refractivity contribution is 5.89. The van der Waals surface area contributed by atoms with E-state index in [4.69, 9.17) is 0 Å². The van der Waals surface area contributed by atoms with Crippen LogP contribution < -0.4 is 5.32 Å². The molecule has 2 aromatic rings. The average molecular weight is 359 g/mol. The molecule has 2 amide bonds. The van der Waals surface area contributed by atoms with Crippen molar-refractivity contribution in [2.45, 2.75) is 25.3 Å². The van der Waals surface area contributed by atoms with Gasteiger partial charge in [-0.3, -0.25) is 0 Å². The van der Waals surface area contributed by atoms with Crippen LogP contribution in [-0.4, -0.2) is 59.1 Å². The third kappa shape index (κ3) is 4.40. The van der Waals surface area contributed by atoms with E-state index < -0.39 is 5.82 Å². The lowest BCUT2D eigenvalue weighted by Crippen LogP contribution is -2.42. The Kier molecular flexibility index (Phi) is 5.88. The smallest absolute Gasteiger partial charge is 0.321 e. The summed E-state index contributed by atoms with van der Waals surface area (Å²) in [5.41, 5.74) is 0.215. The third-order valence-electron chi connectivity index (χ3n) is 4.73. The van der Waals surface area contributed by atoms with E-state index in [1.165, 1.54) is 6.07 Å². The van der Waals surface area contributed by atoms with Gasteiger partial charge in [-0.05, 0) is 39.1 Å². The fourth-order valence-electron chi connectivity index (χ4n) is 3.31. The van der Waals surface area contributed by atoms with Crippen LogP contribution in [0.25, 0.3) is 0 Å². The molecule has 26 heavy (non-hydrogen) atoms. The Bertz CT molecular complexity index is 745. The molecule has 1 aromatic heterocycles. The number of anilines is 1. The van der Waals surface area contributed by atoms with Crippen LogP contribution in [0.1, 0.15) is 24.6 Å². The maximum absolute atomic E-state index is 13.8. The molecule has 0 unspecified atom stereocenters. The number of carbonyl (C=O) groups excluding carboxylic acids is 1. The molecule has 0 saturated carbocycles. The van der Waals surface area contributed by atoms with Gasteiger partial charge in [0.05, 0.1) is 5.69 Å². The Morgan fingerprint density at radius 3 is 2.96 bits per heavy atom. The maximum Gasteiger partial charge on any atom is 0.321 e. The standard InChI is InChI=1S/C19H26FN5O/c1-23(2)12-13-24-11-9-21-18(24)15-6-5-10-25(14-15)19(26)22-17-8-4-3-7-16(17)20/h3-4,7-9,11,15H,5-6,10,12-14H2,1-2H3,(H,22,26)/t15-/m0/s1. The van der Waals surface area contributed by atoms with Crippen molar-refractivity contribution in [1.82, 2.24) is 19.4 Å². The molecule has 7 heteroatoms. The van der Waals surface area contributed by atoms with E-state index >= 15 is 0 Å². The van der Waals surface area contributed by atoms with Crippen LogP contribution in [0, 0.1) is 5.82 Å². The van der Waals surface area contributed by atoms with Gasteiger partial charge in [-0.1, -0.05) is 12.1 Å². The van der Waals surface area contributed by atoms with Crippen LogP contribution in [0.2, 0.25) is 0 Å². The second-order valence-electron chi connectivity index (χ2n) is 6.98. The predicted molar refractivity (Wildman–Crippen MR) is 99.7 cm³/mol. The van der Waals surface area contributed by atoms with Gasteiger partial charge in [0.2, 0.25) is 0 Å². The van der Waals surface area contributed by atoms with Crippen molar-refractivity contribution in [3.8, 4) is 0 Å². The van der Waals surface area contributed by atoms with Gasteiger partial charge in [0, 0.05) is 44.5 Å². The molecule has 2 heterocycles. The van der Waals surface area contributed by atoms with E-state index in [0.29, 0.717) is 13.1 Å². The minimum atomic E-state index is -0.423. The fourth-order valence-corrected chi connectivity index (χ4v) is 3.31. The zero-order valence-corrected chi connectivity index (χ0v) is 15.4. The number of aromatic nitrogens is 2. The second kappa shape index (κ2) is 8.31. The number of piperidine rings is 1. The molecule has 1 saturated heterocycles. The van der Waals surface area contributed by atoms with Gasteiger partial charge in [-0.15, -0.1) is 0 Å². The lowest BCUT2D eigenvalue weighted by Gasteiger charge is -2.32. The van der Waals surface area contributed by atoms with E-state index in [0.717, 1.165) is 31.8 Å². The van der Waals surface area contributed by atoms with Crippen molar-refractivity contribution in [1.29, 1.82) is 0 Å². The first-order chi connectivity index (χ1) is 12.5. The monoisotopic (exact) mass is 359 g/mol. The highest BCUT2D eigenvalue weighted by atomic mass is 19.1. The second-order valence-corrected chi connectivity index (χ2v) is 6.98. The summed E-state index contributed by atoms with van der Waals surface area (Å²) in [5.74, 6) is 0.802. The van der Waals surface area contributed by atoms with Crippen LogP contribution in [-0.2, 0) is 6.54 Å². The van der Waals surface area contributed by atoms with Crippen LogP contribution in [0.15, 0.2) is 36.7 Å². The number of halogens is 1. The van der Waals surface area contributed by atoms with Crippen molar-refractivity contribution in [2.75, 3.05) is 39.0 Å². The number of urea groups is 1. The molecular formula is C19H26FN5O. The summed E-state index contributed by atoms with van der Waals surface area (Å²) in [4.78, 5) is 21.0. The SMILES string of the molecule is CN(C)CCn1ccnc1[C@H]1CCCN(C(=O)Nc2ccccc2F)C1. The summed E-state index contributed by atoms with van der Waals surface area (Å²) in [6, 6.07) is 5.97. The predicted octanol–water partition coefficient (Wildman–Crippen LogP) is 3.00. The molecule has 3 rings (SSSR count). The van der Waals surface area contributed by atoms with Crippen molar-refractivity contribution in [3.63, 3.8) is 0 Å². The van der Waals surface area contributed by atoms with Crippen LogP contribution in [0.3, 0.4) is 0 Å². The number of benzene rings is 1. The minimum Gasteiger partial charge on any atom is -0.333 e. The number of amides is 2. The first-order valence-electron chi connectivity index (χ1n) is 9.01. The minimum absolute atomic E-state index is 0.201. The van der Waals surface area contributed by atoms with Crippen LogP contribution >= 0.6 is 0 Å². The highest BCUT2D eigenvalue weighted by Gasteiger charge is 2.27. The first-order valence-corrected chi connectivity index (χ1v) is 9.01. The van der Waals surface area contributed by atoms with Gasteiger partial charge in [-0.25, -0.2) is 14.2 Å². The molecule has 0 spiro atoms. The highest BCUT2D eigenvalue weighted by Crippen LogP contribution is 2.26. The lowest BCUT2D eigenvalue weighted by atomic mass is 9.97. The van der Waals surface area contributed by atoms with Crippen LogP contribution in [0.4, 0.5) is 14.9 Å². The summed E-state index contributed by atoms with van der Waals surface area (Å²) in [5, 5.41) is 2.68. The Labute approximate surface area is 153 Å². The van der Waals surface area contributed by atoms with E-state index in [-0.39, 0.29) is 17.6 Å². The quantitative estimate of drug-likeness (QED) is 0.893. The molecular weight excluding hydrogens is 333 g/mol. The van der Waals surface area contributed by atoms with Crippen molar-refractivity contribution < 1.29 is 9.18 Å². The van der Waals surface area contributed by atoms with Gasteiger partial charge in [-0.2, -0.15) is 0 Å². The molecule has 0 radical (unpaired) electrons. The summed E-state index contributed by atoms with van der Waals surface area (Å²) >= 11 is 0. The van der Waals surface area contributed by atoms with E-state index in [1.54, 1.807) is 23.1 Å². The van der Waals surface area contributed by atoms with Crippen molar-refractivity contribution in [3.05, 3.63) is 48.3 Å². The number of nitrogens with one attached hydrogen (secondary N) is 1. The summed E-state index contributed by atoms with van der Waals surface area (Å²) in [6.45, 7) is 3.09. The number of hydrogen-bond acceptors (Lipinski definition) is 3. The summed E-state index contributed by atoms with van der Waals surface area (Å²) in [6.07, 6.45) is 5.74. The molecule has 0 bridgehead atoms. The fraction of sp³-hybridized carbons (Fsp3) is 0.474. The first kappa shape index (κ1) is 18.4. The molecule has 1 aromatic carbocycles. The number of likely N-dealkylation sites (tertiary alicyclic amines) is 1. The molecule has 0 aliphatic carbocycles. The zero-order chi connectivity index (χ0) is 18.5. The normalized spacial score (nSPS) is 17.5. The topological polar surface area (TPSA) is 53.4 Å².